The zero-order valence-electron chi connectivity index (χ0n) is 13.2. The number of benzene rings is 1. The summed E-state index contributed by atoms with van der Waals surface area (Å²) in [5.74, 6) is 0.0748. The molecule has 0 aliphatic rings. The number of pyridine rings is 1. The smallest absolute Gasteiger partial charge is 0.418 e. The first kappa shape index (κ1) is 17.8. The van der Waals surface area contributed by atoms with Crippen LogP contribution in [-0.2, 0) is 6.18 Å². The van der Waals surface area contributed by atoms with Crippen molar-refractivity contribution >= 4 is 22.6 Å². The van der Waals surface area contributed by atoms with Crippen LogP contribution < -0.4 is 10.1 Å². The molecule has 0 atom stereocenters. The molecule has 0 saturated heterocycles. The molecule has 2 heterocycles. The molecule has 0 bridgehead atoms. The van der Waals surface area contributed by atoms with Gasteiger partial charge in [0, 0.05) is 29.5 Å². The first-order valence-corrected chi connectivity index (χ1v) is 7.96. The van der Waals surface area contributed by atoms with Crippen LogP contribution >= 0.6 is 11.5 Å². The fourth-order valence-corrected chi connectivity index (χ4v) is 2.70. The Balaban J connectivity index is 1.80. The van der Waals surface area contributed by atoms with Crippen LogP contribution in [0.5, 0.6) is 5.75 Å². The van der Waals surface area contributed by atoms with Crippen LogP contribution in [-0.4, -0.2) is 27.4 Å². The van der Waals surface area contributed by atoms with Crippen molar-refractivity contribution in [3.05, 3.63) is 53.9 Å². The van der Waals surface area contributed by atoms with Gasteiger partial charge in [0.2, 0.25) is 5.13 Å². The number of halogens is 3. The molecule has 1 N–H and O–H groups in total. The maximum atomic E-state index is 13.0. The lowest BCUT2D eigenvalue weighted by Crippen LogP contribution is -2.19. The normalized spacial score (nSPS) is 11.2. The molecule has 26 heavy (non-hydrogen) atoms. The van der Waals surface area contributed by atoms with E-state index in [9.17, 15) is 18.0 Å². The Morgan fingerprint density at radius 2 is 1.92 bits per heavy atom. The third-order valence-electron chi connectivity index (χ3n) is 3.37. The van der Waals surface area contributed by atoms with E-state index in [1.165, 1.54) is 7.11 Å². The summed E-state index contributed by atoms with van der Waals surface area (Å²) in [5, 5.41) is 2.43. The molecule has 1 amide bonds. The Morgan fingerprint density at radius 3 is 2.58 bits per heavy atom. The summed E-state index contributed by atoms with van der Waals surface area (Å²) in [6.45, 7) is 0. The lowest BCUT2D eigenvalue weighted by molar-refractivity contribution is -0.138. The number of aromatic nitrogens is 3. The van der Waals surface area contributed by atoms with Crippen molar-refractivity contribution in [2.75, 3.05) is 12.4 Å². The van der Waals surface area contributed by atoms with E-state index in [2.05, 4.69) is 19.7 Å². The van der Waals surface area contributed by atoms with Crippen molar-refractivity contribution in [1.29, 1.82) is 0 Å². The maximum absolute atomic E-state index is 13.0. The van der Waals surface area contributed by atoms with Crippen molar-refractivity contribution in [2.24, 2.45) is 0 Å². The Morgan fingerprint density at radius 1 is 1.19 bits per heavy atom. The first-order valence-electron chi connectivity index (χ1n) is 7.19. The van der Waals surface area contributed by atoms with E-state index >= 15 is 0 Å². The lowest BCUT2D eigenvalue weighted by atomic mass is 10.1. The molecular weight excluding hydrogens is 369 g/mol. The molecule has 0 saturated carbocycles. The van der Waals surface area contributed by atoms with Crippen molar-refractivity contribution in [3.8, 4) is 17.1 Å². The van der Waals surface area contributed by atoms with Gasteiger partial charge in [-0.05, 0) is 30.3 Å². The Kier molecular flexibility index (Phi) is 4.85. The van der Waals surface area contributed by atoms with Gasteiger partial charge in [0.05, 0.1) is 18.2 Å². The average Bonchev–Trinajstić information content (AvgIpc) is 3.09. The first-order chi connectivity index (χ1) is 12.4. The highest BCUT2D eigenvalue weighted by atomic mass is 32.1. The van der Waals surface area contributed by atoms with Crippen molar-refractivity contribution in [2.45, 2.75) is 6.18 Å². The zero-order valence-corrected chi connectivity index (χ0v) is 14.1. The second-order valence-electron chi connectivity index (χ2n) is 5.02. The van der Waals surface area contributed by atoms with Gasteiger partial charge in [-0.1, -0.05) is 0 Å². The van der Waals surface area contributed by atoms with E-state index in [4.69, 9.17) is 4.74 Å². The predicted octanol–water partition coefficient (Wildman–Crippen LogP) is 3.88. The molecule has 0 fully saturated rings. The van der Waals surface area contributed by atoms with E-state index in [1.54, 1.807) is 24.3 Å². The van der Waals surface area contributed by atoms with Crippen LogP contribution in [0.1, 0.15) is 15.9 Å². The van der Waals surface area contributed by atoms with Crippen molar-refractivity contribution in [3.63, 3.8) is 0 Å². The molecule has 1 aromatic carbocycles. The van der Waals surface area contributed by atoms with E-state index in [0.717, 1.165) is 23.8 Å². The van der Waals surface area contributed by atoms with E-state index < -0.39 is 23.2 Å². The molecule has 134 valence electrons. The number of rotatable bonds is 4. The molecule has 0 spiro atoms. The third kappa shape index (κ3) is 3.80. The number of carbonyl (C=O) groups is 1. The van der Waals surface area contributed by atoms with Crippen LogP contribution in [0, 0.1) is 0 Å². The second-order valence-corrected chi connectivity index (χ2v) is 5.78. The highest BCUT2D eigenvalue weighted by Gasteiger charge is 2.35. The van der Waals surface area contributed by atoms with Crippen LogP contribution in [0.2, 0.25) is 0 Å². The van der Waals surface area contributed by atoms with Gasteiger partial charge in [0.25, 0.3) is 5.91 Å². The van der Waals surface area contributed by atoms with Gasteiger partial charge in [0.15, 0.2) is 5.82 Å². The van der Waals surface area contributed by atoms with Gasteiger partial charge in [-0.2, -0.15) is 22.5 Å². The van der Waals surface area contributed by atoms with Crippen LogP contribution in [0.25, 0.3) is 11.4 Å². The van der Waals surface area contributed by atoms with Gasteiger partial charge in [-0.3, -0.25) is 15.1 Å². The molecule has 6 nitrogen and oxygen atoms in total. The van der Waals surface area contributed by atoms with Crippen LogP contribution in [0.15, 0.2) is 42.7 Å². The topological polar surface area (TPSA) is 77.0 Å². The van der Waals surface area contributed by atoms with Gasteiger partial charge in [0.1, 0.15) is 5.75 Å². The molecule has 3 aromatic rings. The summed E-state index contributed by atoms with van der Waals surface area (Å²) in [6.07, 6.45) is -2.96. The minimum atomic E-state index is -4.68. The lowest BCUT2D eigenvalue weighted by Gasteiger charge is -2.10. The number of hydrogen-bond donors (Lipinski definition) is 1. The van der Waals surface area contributed by atoms with Gasteiger partial charge < -0.3 is 4.74 Å². The van der Waals surface area contributed by atoms with E-state index in [1.807, 2.05) is 0 Å². The average molecular weight is 380 g/mol. The quantitative estimate of drug-likeness (QED) is 0.743. The number of ether oxygens (including phenoxy) is 1. The number of nitrogens with one attached hydrogen (secondary N) is 1. The summed E-state index contributed by atoms with van der Waals surface area (Å²) >= 11 is 0.870. The minimum absolute atomic E-state index is 0.0887. The number of amides is 1. The van der Waals surface area contributed by atoms with Crippen LogP contribution in [0.3, 0.4) is 0 Å². The summed E-state index contributed by atoms with van der Waals surface area (Å²) in [5.41, 5.74) is -0.964. The van der Waals surface area contributed by atoms with Gasteiger partial charge >= 0.3 is 6.18 Å². The summed E-state index contributed by atoms with van der Waals surface area (Å²) in [6, 6.07) is 7.92. The Bertz CT molecular complexity index is 926. The van der Waals surface area contributed by atoms with Gasteiger partial charge in [-0.15, -0.1) is 0 Å². The monoisotopic (exact) mass is 380 g/mol. The largest absolute Gasteiger partial charge is 0.497 e. The number of hydrogen-bond acceptors (Lipinski definition) is 6. The summed E-state index contributed by atoms with van der Waals surface area (Å²) in [7, 11) is 1.54. The molecule has 2 aromatic heterocycles. The number of alkyl halides is 3. The van der Waals surface area contributed by atoms with Crippen molar-refractivity contribution < 1.29 is 22.7 Å². The molecule has 10 heteroatoms. The second kappa shape index (κ2) is 7.08. The molecule has 0 radical (unpaired) electrons. The van der Waals surface area contributed by atoms with Gasteiger partial charge in [-0.25, -0.2) is 0 Å². The fraction of sp³-hybridized carbons (Fsp3) is 0.125. The molecule has 0 unspecified atom stereocenters. The maximum Gasteiger partial charge on any atom is 0.418 e. The minimum Gasteiger partial charge on any atom is -0.497 e. The standard InChI is InChI=1S/C16H11F3N4O2S/c1-25-10-4-2-9(3-5-10)13-21-15(26-23-13)22-14(24)11-6-7-20-8-12(11)16(17,18)19/h2-8H,1H3,(H,21,22,23,24). The third-order valence-corrected chi connectivity index (χ3v) is 4.00. The predicted molar refractivity (Wildman–Crippen MR) is 89.1 cm³/mol. The Hall–Kier alpha value is -3.01. The number of nitrogens with zero attached hydrogens (tertiary/aromatic N) is 3. The molecular formula is C16H11F3N4O2S. The van der Waals surface area contributed by atoms with Crippen LogP contribution in [0.4, 0.5) is 18.3 Å². The zero-order chi connectivity index (χ0) is 18.7. The van der Waals surface area contributed by atoms with Crippen molar-refractivity contribution in [1.82, 2.24) is 14.3 Å². The number of anilines is 1. The molecule has 0 aliphatic carbocycles. The SMILES string of the molecule is COc1ccc(-c2nsc(NC(=O)c3ccncc3C(F)(F)F)n2)cc1. The summed E-state index contributed by atoms with van der Waals surface area (Å²) < 4.78 is 48.1. The highest BCUT2D eigenvalue weighted by molar-refractivity contribution is 7.10. The highest BCUT2D eigenvalue weighted by Crippen LogP contribution is 2.32. The molecule has 0 aliphatic heterocycles. The number of carbonyl (C=O) groups excluding carboxylic acids is 1. The van der Waals surface area contributed by atoms with E-state index in [-0.39, 0.29) is 5.13 Å². The summed E-state index contributed by atoms with van der Waals surface area (Å²) in [4.78, 5) is 19.7. The fourth-order valence-electron chi connectivity index (χ4n) is 2.11. The number of methoxy groups -OCH3 is 1. The Labute approximate surface area is 149 Å². The molecule has 3 rings (SSSR count). The van der Waals surface area contributed by atoms with E-state index in [0.29, 0.717) is 23.3 Å².